The van der Waals surface area contributed by atoms with E-state index < -0.39 is 5.97 Å². The Balaban J connectivity index is 1.67. The molecule has 1 saturated heterocycles. The van der Waals surface area contributed by atoms with Gasteiger partial charge in [0.25, 0.3) is 0 Å². The fraction of sp³-hybridized carbons (Fsp3) is 0.438. The van der Waals surface area contributed by atoms with E-state index in [1.54, 1.807) is 0 Å². The van der Waals surface area contributed by atoms with E-state index in [2.05, 4.69) is 5.32 Å². The Kier molecular flexibility index (Phi) is 4.10. The van der Waals surface area contributed by atoms with Gasteiger partial charge in [-0.25, -0.2) is 4.79 Å². The second kappa shape index (κ2) is 6.18. The normalized spacial score (nSPS) is 18.8. The van der Waals surface area contributed by atoms with E-state index in [1.165, 1.54) is 25.3 Å². The van der Waals surface area contributed by atoms with Crippen LogP contribution < -0.4 is 10.1 Å². The lowest BCUT2D eigenvalue weighted by molar-refractivity contribution is 0.0665. The van der Waals surface area contributed by atoms with Gasteiger partial charge in [0.1, 0.15) is 0 Å². The largest absolute Gasteiger partial charge is 0.490 e. The van der Waals surface area contributed by atoms with Gasteiger partial charge in [-0.05, 0) is 37.9 Å². The van der Waals surface area contributed by atoms with Crippen LogP contribution in [0.5, 0.6) is 5.75 Å². The molecule has 112 valence electrons. The zero-order valence-electron chi connectivity index (χ0n) is 11.8. The molecule has 2 aromatic rings. The molecule has 0 spiro atoms. The van der Waals surface area contributed by atoms with E-state index >= 15 is 0 Å². The van der Waals surface area contributed by atoms with Gasteiger partial charge in [-0.1, -0.05) is 18.6 Å². The molecule has 0 saturated carbocycles. The lowest BCUT2D eigenvalue weighted by Crippen LogP contribution is -2.35. The predicted octanol–water partition coefficient (Wildman–Crippen LogP) is 3.04. The summed E-state index contributed by atoms with van der Waals surface area (Å²) in [7, 11) is 0. The van der Waals surface area contributed by atoms with Gasteiger partial charge in [-0.15, -0.1) is 0 Å². The van der Waals surface area contributed by atoms with Crippen molar-refractivity contribution < 1.29 is 19.1 Å². The molecule has 21 heavy (non-hydrogen) atoms. The number of furan rings is 1. The molecule has 5 heteroatoms. The summed E-state index contributed by atoms with van der Waals surface area (Å²) in [6, 6.07) is 7.52. The molecule has 1 fully saturated rings. The first kappa shape index (κ1) is 13.9. The van der Waals surface area contributed by atoms with Crippen molar-refractivity contribution in [3.8, 4) is 5.75 Å². The topological polar surface area (TPSA) is 71.7 Å². The highest BCUT2D eigenvalue weighted by Gasteiger charge is 2.15. The molecule has 0 radical (unpaired) electrons. The molecular weight excluding hydrogens is 270 g/mol. The van der Waals surface area contributed by atoms with E-state index in [1.807, 2.05) is 18.2 Å². The highest BCUT2D eigenvalue weighted by molar-refractivity contribution is 5.93. The molecule has 1 aliphatic heterocycles. The third kappa shape index (κ3) is 3.19. The van der Waals surface area contributed by atoms with Crippen LogP contribution >= 0.6 is 0 Å². The van der Waals surface area contributed by atoms with Crippen LogP contribution in [0, 0.1) is 0 Å². The number of para-hydroxylation sites is 1. The Bertz CT molecular complexity index is 628. The minimum absolute atomic E-state index is 0.0602. The van der Waals surface area contributed by atoms with Crippen LogP contribution in [-0.4, -0.2) is 30.3 Å². The first-order valence-corrected chi connectivity index (χ1v) is 7.36. The summed E-state index contributed by atoms with van der Waals surface area (Å²) < 4.78 is 11.2. The van der Waals surface area contributed by atoms with Crippen LogP contribution in [0.3, 0.4) is 0 Å². The summed E-state index contributed by atoms with van der Waals surface area (Å²) in [5.74, 6) is -0.519. The molecule has 1 unspecified atom stereocenters. The minimum Gasteiger partial charge on any atom is -0.490 e. The molecule has 2 N–H and O–H groups in total. The van der Waals surface area contributed by atoms with Gasteiger partial charge in [0, 0.05) is 11.4 Å². The van der Waals surface area contributed by atoms with Crippen LogP contribution in [0.4, 0.5) is 0 Å². The zero-order chi connectivity index (χ0) is 14.7. The maximum absolute atomic E-state index is 11.0. The number of piperidine rings is 1. The number of carboxylic acids is 1. The van der Waals surface area contributed by atoms with Crippen molar-refractivity contribution in [2.75, 3.05) is 13.2 Å². The molecule has 1 aromatic heterocycles. The number of fused-ring (bicyclic) bond motifs is 1. The molecule has 1 aromatic carbocycles. The van der Waals surface area contributed by atoms with Crippen molar-refractivity contribution in [2.24, 2.45) is 0 Å². The third-order valence-corrected chi connectivity index (χ3v) is 3.86. The minimum atomic E-state index is -1.07. The Morgan fingerprint density at radius 3 is 3.10 bits per heavy atom. The molecule has 0 amide bonds. The number of carbonyl (C=O) groups is 1. The smallest absolute Gasteiger partial charge is 0.371 e. The fourth-order valence-corrected chi connectivity index (χ4v) is 2.74. The summed E-state index contributed by atoms with van der Waals surface area (Å²) in [5, 5.41) is 13.2. The number of aromatic carboxylic acids is 1. The average Bonchev–Trinajstić information content (AvgIpc) is 2.94. The van der Waals surface area contributed by atoms with Gasteiger partial charge in [-0.2, -0.15) is 0 Å². The Hall–Kier alpha value is -2.01. The summed E-state index contributed by atoms with van der Waals surface area (Å²) in [4.78, 5) is 11.0. The number of hydrogen-bond donors (Lipinski definition) is 2. The van der Waals surface area contributed by atoms with Crippen molar-refractivity contribution in [3.05, 3.63) is 30.0 Å². The predicted molar refractivity (Wildman–Crippen MR) is 78.9 cm³/mol. The van der Waals surface area contributed by atoms with Gasteiger partial charge in [-0.3, -0.25) is 0 Å². The van der Waals surface area contributed by atoms with E-state index in [-0.39, 0.29) is 5.76 Å². The summed E-state index contributed by atoms with van der Waals surface area (Å²) in [6.07, 6.45) is 4.66. The second-order valence-electron chi connectivity index (χ2n) is 5.37. The van der Waals surface area contributed by atoms with Crippen LogP contribution in [0.2, 0.25) is 0 Å². The van der Waals surface area contributed by atoms with Crippen LogP contribution in [0.25, 0.3) is 11.0 Å². The number of rotatable bonds is 5. The second-order valence-corrected chi connectivity index (χ2v) is 5.37. The maximum Gasteiger partial charge on any atom is 0.371 e. The van der Waals surface area contributed by atoms with Crippen LogP contribution in [-0.2, 0) is 0 Å². The van der Waals surface area contributed by atoms with Gasteiger partial charge in [0.2, 0.25) is 5.76 Å². The first-order chi connectivity index (χ1) is 10.2. The molecule has 5 nitrogen and oxygen atoms in total. The average molecular weight is 289 g/mol. The van der Waals surface area contributed by atoms with Crippen molar-refractivity contribution in [1.82, 2.24) is 5.32 Å². The molecule has 3 rings (SSSR count). The molecular formula is C16H19NO4. The fourth-order valence-electron chi connectivity index (χ4n) is 2.74. The maximum atomic E-state index is 11.0. The SMILES string of the molecule is O=C(O)c1cc2cccc(OCCC3CCCCN3)c2o1. The van der Waals surface area contributed by atoms with Crippen molar-refractivity contribution in [2.45, 2.75) is 31.7 Å². The van der Waals surface area contributed by atoms with Gasteiger partial charge >= 0.3 is 5.97 Å². The first-order valence-electron chi connectivity index (χ1n) is 7.36. The molecule has 1 atom stereocenters. The molecule has 0 aliphatic carbocycles. The van der Waals surface area contributed by atoms with Crippen LogP contribution in [0.1, 0.15) is 36.2 Å². The van der Waals surface area contributed by atoms with Crippen LogP contribution in [0.15, 0.2) is 28.7 Å². The van der Waals surface area contributed by atoms with E-state index in [4.69, 9.17) is 14.3 Å². The van der Waals surface area contributed by atoms with Gasteiger partial charge in [0.15, 0.2) is 11.3 Å². The quantitative estimate of drug-likeness (QED) is 0.885. The van der Waals surface area contributed by atoms with E-state index in [0.717, 1.165) is 18.4 Å². The van der Waals surface area contributed by atoms with Crippen molar-refractivity contribution in [3.63, 3.8) is 0 Å². The molecule has 0 bridgehead atoms. The number of hydrogen-bond acceptors (Lipinski definition) is 4. The number of carboxylic acid groups (broad SMARTS) is 1. The lowest BCUT2D eigenvalue weighted by Gasteiger charge is -2.23. The molecule has 1 aliphatic rings. The zero-order valence-corrected chi connectivity index (χ0v) is 11.8. The summed E-state index contributed by atoms with van der Waals surface area (Å²) in [5.41, 5.74) is 0.506. The highest BCUT2D eigenvalue weighted by Crippen LogP contribution is 2.29. The van der Waals surface area contributed by atoms with Gasteiger partial charge < -0.3 is 19.6 Å². The Labute approximate surface area is 122 Å². The van der Waals surface area contributed by atoms with E-state index in [0.29, 0.717) is 24.0 Å². The Morgan fingerprint density at radius 1 is 1.43 bits per heavy atom. The third-order valence-electron chi connectivity index (χ3n) is 3.86. The Morgan fingerprint density at radius 2 is 2.33 bits per heavy atom. The lowest BCUT2D eigenvalue weighted by atomic mass is 10.0. The van der Waals surface area contributed by atoms with Crippen molar-refractivity contribution in [1.29, 1.82) is 0 Å². The van der Waals surface area contributed by atoms with E-state index in [9.17, 15) is 4.79 Å². The molecule has 2 heterocycles. The number of ether oxygens (including phenoxy) is 1. The number of nitrogens with one attached hydrogen (secondary N) is 1. The highest BCUT2D eigenvalue weighted by atomic mass is 16.5. The summed E-state index contributed by atoms with van der Waals surface area (Å²) >= 11 is 0. The standard InChI is InChI=1S/C16H19NO4/c18-16(19)14-10-11-4-3-6-13(15(11)21-14)20-9-7-12-5-1-2-8-17-12/h3-4,6,10,12,17H,1-2,5,7-9H2,(H,18,19). The summed E-state index contributed by atoms with van der Waals surface area (Å²) in [6.45, 7) is 1.68. The number of benzene rings is 1. The monoisotopic (exact) mass is 289 g/mol. The van der Waals surface area contributed by atoms with Gasteiger partial charge in [0.05, 0.1) is 6.61 Å². The van der Waals surface area contributed by atoms with Crippen molar-refractivity contribution >= 4 is 16.9 Å².